The number of allylic oxidation sites excluding steroid dienone is 3. The van der Waals surface area contributed by atoms with Crippen LogP contribution in [0.5, 0.6) is 11.5 Å². The summed E-state index contributed by atoms with van der Waals surface area (Å²) in [5, 5.41) is 28.9. The van der Waals surface area contributed by atoms with Gasteiger partial charge in [-0.05, 0) is 122 Å². The molecule has 23 heteroatoms. The summed E-state index contributed by atoms with van der Waals surface area (Å²) in [5.41, 5.74) is 3.52. The fourth-order valence-corrected chi connectivity index (χ4v) is 12.1. The zero-order chi connectivity index (χ0) is 67.2. The molecule has 90 heavy (non-hydrogen) atoms. The van der Waals surface area contributed by atoms with Crippen LogP contribution >= 0.6 is 11.6 Å². The molecular formula is C67H96ClN5O17. The Morgan fingerprint density at radius 3 is 2.31 bits per heavy atom. The van der Waals surface area contributed by atoms with Crippen molar-refractivity contribution in [1.82, 2.24) is 15.5 Å². The van der Waals surface area contributed by atoms with Crippen molar-refractivity contribution in [2.45, 2.75) is 212 Å². The third-order valence-corrected chi connectivity index (χ3v) is 18.2. The summed E-state index contributed by atoms with van der Waals surface area (Å²) in [7, 11) is 5.77. The minimum absolute atomic E-state index is 0.0301. The van der Waals surface area contributed by atoms with E-state index in [0.717, 1.165) is 22.1 Å². The number of ketones is 2. The van der Waals surface area contributed by atoms with Crippen LogP contribution in [0, 0.1) is 23.7 Å². The molecule has 2 aromatic rings. The molecule has 0 aliphatic carbocycles. The van der Waals surface area contributed by atoms with Gasteiger partial charge in [0.1, 0.15) is 63.5 Å². The molecule has 5 amide bonds. The van der Waals surface area contributed by atoms with Crippen molar-refractivity contribution in [1.29, 1.82) is 0 Å². The van der Waals surface area contributed by atoms with Gasteiger partial charge in [0.25, 0.3) is 5.91 Å². The van der Waals surface area contributed by atoms with Crippen LogP contribution in [0.3, 0.4) is 0 Å². The van der Waals surface area contributed by atoms with Crippen molar-refractivity contribution in [3.63, 3.8) is 0 Å². The highest BCUT2D eigenvalue weighted by molar-refractivity contribution is 6.35. The number of aromatic hydroxyl groups is 1. The maximum atomic E-state index is 14.5. The summed E-state index contributed by atoms with van der Waals surface area (Å²) in [6, 6.07) is 4.21. The first kappa shape index (κ1) is 73.9. The lowest BCUT2D eigenvalue weighted by Gasteiger charge is -2.41. The number of phenolic OH excluding ortho intramolecular Hbond substituents is 1. The molecule has 498 valence electrons. The Morgan fingerprint density at radius 2 is 1.69 bits per heavy atom. The van der Waals surface area contributed by atoms with E-state index < -0.39 is 125 Å². The molecular weight excluding hydrogens is 1180 g/mol. The highest BCUT2D eigenvalue weighted by Gasteiger charge is 2.64. The van der Waals surface area contributed by atoms with E-state index in [1.165, 1.54) is 52.3 Å². The Labute approximate surface area is 534 Å². The van der Waals surface area contributed by atoms with Crippen LogP contribution in [0.15, 0.2) is 54.1 Å². The second-order valence-electron chi connectivity index (χ2n) is 25.6. The lowest BCUT2D eigenvalue weighted by Crippen LogP contribution is -2.53. The van der Waals surface area contributed by atoms with Crippen molar-refractivity contribution in [3.05, 3.63) is 75.8 Å². The minimum atomic E-state index is -1.67. The zero-order valence-electron chi connectivity index (χ0n) is 54.9. The maximum absolute atomic E-state index is 14.5. The molecule has 2 fully saturated rings. The number of anilines is 1. The second-order valence-corrected chi connectivity index (χ2v) is 26.0. The molecule has 0 spiro atoms. The van der Waals surface area contributed by atoms with Crippen LogP contribution in [0.25, 0.3) is 0 Å². The summed E-state index contributed by atoms with van der Waals surface area (Å²) in [4.78, 5) is 124. The average Bonchev–Trinajstić information content (AvgIpc) is 1.57. The molecule has 2 saturated heterocycles. The number of benzene rings is 2. The highest BCUT2D eigenvalue weighted by atomic mass is 35.5. The number of phenols is 1. The van der Waals surface area contributed by atoms with Crippen LogP contribution in [0.2, 0.25) is 5.02 Å². The first-order valence-corrected chi connectivity index (χ1v) is 31.6. The first-order valence-electron chi connectivity index (χ1n) is 31.2. The van der Waals surface area contributed by atoms with E-state index >= 15 is 0 Å². The average molecular weight is 1280 g/mol. The van der Waals surface area contributed by atoms with E-state index in [4.69, 9.17) is 45.8 Å². The van der Waals surface area contributed by atoms with Crippen LogP contribution in [0.1, 0.15) is 168 Å². The number of amides is 5. The number of ether oxygens (including phenoxy) is 6. The number of hydrogen-bond acceptors (Lipinski definition) is 17. The van der Waals surface area contributed by atoms with E-state index in [1.54, 1.807) is 52.0 Å². The van der Waals surface area contributed by atoms with Crippen LogP contribution in [-0.4, -0.2) is 157 Å². The van der Waals surface area contributed by atoms with Crippen molar-refractivity contribution in [2.24, 2.45) is 29.4 Å². The Hall–Kier alpha value is -6.88. The van der Waals surface area contributed by atoms with Gasteiger partial charge in [0.05, 0.1) is 43.7 Å². The molecule has 3 heterocycles. The summed E-state index contributed by atoms with van der Waals surface area (Å²) in [6.45, 7) is 18.0. The number of esters is 3. The van der Waals surface area contributed by atoms with Crippen molar-refractivity contribution in [3.8, 4) is 11.5 Å². The van der Waals surface area contributed by atoms with Gasteiger partial charge in [0.2, 0.25) is 11.8 Å². The SMILES string of the molecule is CCC(CC)C(=O)OC(C)(C)CCCCC(=O)C[C@H](C(=O)N[C@@H](CCCNC(N)=O)C(=O)Cc1ccc(C(=O)N(C)[C@@H](C)C(=O)O[C@H]2CC(=O)N(C)c3cc(cc(OC)c3Cl)C/C(C)=C/C=C/[C@@H](OC)[C@]3(O)CC(=O)O[C@@H](C3)[C@@H](C)[C@@H]3O[C@@]23C)cc1O)C(C)C. The van der Waals surface area contributed by atoms with Crippen molar-refractivity contribution >= 4 is 70.5 Å². The number of carbonyl (C=O) groups is 9. The molecule has 2 aromatic carbocycles. The van der Waals surface area contributed by atoms with Crippen LogP contribution in [0.4, 0.5) is 10.5 Å². The normalized spacial score (nSPS) is 24.0. The Morgan fingerprint density at radius 1 is 1.00 bits per heavy atom. The van der Waals surface area contributed by atoms with Gasteiger partial charge < -0.3 is 64.8 Å². The molecule has 6 N–H and O–H groups in total. The minimum Gasteiger partial charge on any atom is -0.508 e. The number of carbonyl (C=O) groups excluding carboxylic acids is 9. The smallest absolute Gasteiger partial charge is 0.328 e. The Bertz CT molecular complexity index is 3000. The van der Waals surface area contributed by atoms with E-state index in [1.807, 2.05) is 40.7 Å². The number of nitrogens with two attached hydrogens (primary N) is 1. The molecule has 5 rings (SSSR count). The number of rotatable bonds is 27. The number of halogens is 1. The summed E-state index contributed by atoms with van der Waals surface area (Å²) >= 11 is 6.86. The number of nitrogens with zero attached hydrogens (tertiary/aromatic N) is 2. The second kappa shape index (κ2) is 32.4. The van der Waals surface area contributed by atoms with Gasteiger partial charge in [0.15, 0.2) is 5.78 Å². The number of epoxide rings is 1. The van der Waals surface area contributed by atoms with Gasteiger partial charge in [-0.1, -0.05) is 76.1 Å². The number of primary amides is 1. The Balaban J connectivity index is 1.32. The molecule has 0 radical (unpaired) electrons. The predicted octanol–water partition coefficient (Wildman–Crippen LogP) is 8.38. The number of Topliss-reactive ketones (excluding diaryl/α,β-unsaturated/α-hetero) is 2. The van der Waals surface area contributed by atoms with E-state index in [9.17, 15) is 53.4 Å². The number of aliphatic hydroxyl groups is 1. The molecule has 10 atom stereocenters. The summed E-state index contributed by atoms with van der Waals surface area (Å²) in [6.07, 6.45) is 4.05. The van der Waals surface area contributed by atoms with Gasteiger partial charge in [0, 0.05) is 76.4 Å². The van der Waals surface area contributed by atoms with Crippen LogP contribution in [-0.2, 0) is 70.1 Å². The molecule has 0 aromatic heterocycles. The predicted molar refractivity (Wildman–Crippen MR) is 338 cm³/mol. The third kappa shape index (κ3) is 19.6. The van der Waals surface area contributed by atoms with E-state index in [0.29, 0.717) is 50.0 Å². The first-order chi connectivity index (χ1) is 42.2. The van der Waals surface area contributed by atoms with Gasteiger partial charge in [-0.25, -0.2) is 9.59 Å². The van der Waals surface area contributed by atoms with Gasteiger partial charge >= 0.3 is 23.9 Å². The van der Waals surface area contributed by atoms with Crippen molar-refractivity contribution in [2.75, 3.05) is 39.8 Å². The number of unbranched alkanes of at least 4 members (excludes halogenated alkanes) is 1. The zero-order valence-corrected chi connectivity index (χ0v) is 55.6. The number of nitrogens with one attached hydrogen (secondary N) is 2. The maximum Gasteiger partial charge on any atom is 0.328 e. The molecule has 0 saturated carbocycles. The monoisotopic (exact) mass is 1280 g/mol. The number of fused-ring (bicyclic) bond motifs is 5. The number of hydrogen-bond donors (Lipinski definition) is 5. The molecule has 0 unspecified atom stereocenters. The van der Waals surface area contributed by atoms with Gasteiger partial charge in [-0.15, -0.1) is 0 Å². The summed E-state index contributed by atoms with van der Waals surface area (Å²) < 4.78 is 35.6. The van der Waals surface area contributed by atoms with Gasteiger partial charge in [-0.3, -0.25) is 33.6 Å². The molecule has 3 aliphatic heterocycles. The lowest BCUT2D eigenvalue weighted by atomic mass is 9.78. The number of methoxy groups -OCH3 is 2. The summed E-state index contributed by atoms with van der Waals surface area (Å²) in [5.74, 6) is -6.22. The standard InChI is InChI=1S/C67H96ClN5O17/c1-15-43(16-2)63(82)90-65(8,9)27-18-17-22-46(74)34-47(38(3)4)60(79)71-48(23-20-28-70-64(69)83)51(76)32-44-25-26-45(33-50(44)75)61(80)72(11)41(7)62(81)88-55-35-56(77)73(12)49-30-42(31-52(85-13)58(49)68)29-39(5)21-19-24-54(86-14)67(84)36-53(87-57(78)37-67)40(6)59-66(55,10)89-59/h19,21,24-26,30-31,33,38,40-41,43,47-48,53-55,59,75,84H,15-18,20,22-23,27-29,32,34-37H2,1-14H3,(H,71,79)(H3,69,70,83)/b24-19+,39-21+/t40-,41+,47+,48+,53+,54-,55+,59+,66+,67-/m1/s1. The fourth-order valence-electron chi connectivity index (χ4n) is 11.8. The van der Waals surface area contributed by atoms with Gasteiger partial charge in [-0.2, -0.15) is 0 Å². The molecule has 22 nitrogen and oxygen atoms in total. The Kier molecular flexibility index (Phi) is 26.6. The quantitative estimate of drug-likeness (QED) is 0.0243. The van der Waals surface area contributed by atoms with Crippen molar-refractivity contribution < 1.29 is 81.8 Å². The largest absolute Gasteiger partial charge is 0.508 e. The topological polar surface area (TPSA) is 309 Å². The fraction of sp³-hybridized carbons (Fsp3) is 0.627. The molecule has 3 aliphatic rings. The number of likely N-dealkylation sites (N-methyl/N-ethyl adjacent to an activating group) is 1. The van der Waals surface area contributed by atoms with Crippen LogP contribution < -0.4 is 26.0 Å². The molecule has 4 bridgehead atoms. The highest BCUT2D eigenvalue weighted by Crippen LogP contribution is 2.50. The van der Waals surface area contributed by atoms with E-state index in [-0.39, 0.29) is 84.8 Å². The third-order valence-electron chi connectivity index (χ3n) is 17.8. The number of urea groups is 1. The lowest BCUT2D eigenvalue weighted by molar-refractivity contribution is -0.187. The van der Waals surface area contributed by atoms with E-state index in [2.05, 4.69) is 10.6 Å².